The van der Waals surface area contributed by atoms with E-state index in [2.05, 4.69) is 6.58 Å². The molecule has 0 aliphatic carbocycles. The average molecular weight is 348 g/mol. The molecule has 5 atom stereocenters. The van der Waals surface area contributed by atoms with Gasteiger partial charge in [-0.15, -0.1) is 0 Å². The van der Waals surface area contributed by atoms with Crippen LogP contribution in [0.2, 0.25) is 0 Å². The number of hydrogen-bond acceptors (Lipinski definition) is 6. The lowest BCUT2D eigenvalue weighted by Crippen LogP contribution is -2.31. The molecule has 0 aromatic heterocycles. The summed E-state index contributed by atoms with van der Waals surface area (Å²) in [6.45, 7) is 7.48. The molecule has 3 rings (SSSR count). The van der Waals surface area contributed by atoms with Crippen LogP contribution in [-0.2, 0) is 23.9 Å². The lowest BCUT2D eigenvalue weighted by Gasteiger charge is -2.26. The smallest absolute Gasteiger partial charge is 0.337 e. The van der Waals surface area contributed by atoms with Crippen molar-refractivity contribution >= 4 is 17.5 Å². The highest BCUT2D eigenvalue weighted by Gasteiger charge is 2.46. The van der Waals surface area contributed by atoms with Crippen LogP contribution in [-0.4, -0.2) is 46.6 Å². The van der Waals surface area contributed by atoms with E-state index in [1.54, 1.807) is 19.9 Å². The normalized spacial score (nSPS) is 39.2. The van der Waals surface area contributed by atoms with E-state index >= 15 is 0 Å². The number of esters is 1. The number of aliphatic hydroxyl groups is 1. The second-order valence-electron chi connectivity index (χ2n) is 7.71. The number of ketones is 2. The van der Waals surface area contributed by atoms with Gasteiger partial charge in [0.15, 0.2) is 5.78 Å². The molecule has 0 saturated carbocycles. The van der Waals surface area contributed by atoms with Crippen LogP contribution in [0.4, 0.5) is 0 Å². The third-order valence-corrected chi connectivity index (χ3v) is 5.28. The molecule has 1 fully saturated rings. The minimum Gasteiger partial charge on any atom is -0.455 e. The van der Waals surface area contributed by atoms with E-state index in [9.17, 15) is 19.5 Å². The van der Waals surface area contributed by atoms with Gasteiger partial charge in [-0.25, -0.2) is 4.79 Å². The minimum absolute atomic E-state index is 0.0407. The number of allylic oxidation sites excluding steroid dienone is 1. The topological polar surface area (TPSA) is 89.9 Å². The number of hydrogen-bond donors (Lipinski definition) is 1. The molecule has 0 amide bonds. The first-order chi connectivity index (χ1) is 11.7. The van der Waals surface area contributed by atoms with Crippen LogP contribution in [0.15, 0.2) is 23.8 Å². The van der Waals surface area contributed by atoms with Gasteiger partial charge in [0.1, 0.15) is 18.0 Å². The average Bonchev–Trinajstić information content (AvgIpc) is 2.97. The van der Waals surface area contributed by atoms with E-state index in [0.717, 1.165) is 5.57 Å². The summed E-state index contributed by atoms with van der Waals surface area (Å²) in [7, 11) is 0. The second kappa shape index (κ2) is 6.50. The van der Waals surface area contributed by atoms with Gasteiger partial charge in [-0.2, -0.15) is 0 Å². The standard InChI is InChI=1S/C19H24O6/c1-10(2)11-4-12(20)6-17-16(22)9-19(3,25-17)8-13-7-14(15(21)5-11)18(23)24-13/h7,11,13,15,17,21H,1,4-6,8-9H2,2-3H3/t11-,13+,15-,17+,19+/m0/s1. The highest BCUT2D eigenvalue weighted by atomic mass is 16.6. The number of carbonyl (C=O) groups is 3. The molecule has 3 aliphatic heterocycles. The van der Waals surface area contributed by atoms with Crippen molar-refractivity contribution in [3.05, 3.63) is 23.8 Å². The molecule has 1 saturated heterocycles. The number of aliphatic hydroxyl groups excluding tert-OH is 1. The summed E-state index contributed by atoms with van der Waals surface area (Å²) in [5.41, 5.74) is 0.202. The molecule has 6 nitrogen and oxygen atoms in total. The van der Waals surface area contributed by atoms with E-state index in [1.807, 2.05) is 0 Å². The predicted molar refractivity (Wildman–Crippen MR) is 88.7 cm³/mol. The Labute approximate surface area is 146 Å². The van der Waals surface area contributed by atoms with Crippen molar-refractivity contribution in [3.8, 4) is 0 Å². The fourth-order valence-electron chi connectivity index (χ4n) is 3.91. The molecule has 0 spiro atoms. The van der Waals surface area contributed by atoms with Gasteiger partial charge in [-0.05, 0) is 32.3 Å². The molecule has 0 aromatic rings. The molecule has 0 radical (unpaired) electrons. The number of fused-ring (bicyclic) bond motifs is 3. The summed E-state index contributed by atoms with van der Waals surface area (Å²) in [5, 5.41) is 10.5. The molecular formula is C19H24O6. The number of carbonyl (C=O) groups excluding carboxylic acids is 3. The van der Waals surface area contributed by atoms with Gasteiger partial charge in [0, 0.05) is 25.7 Å². The Morgan fingerprint density at radius 2 is 2.04 bits per heavy atom. The number of rotatable bonds is 1. The monoisotopic (exact) mass is 348 g/mol. The van der Waals surface area contributed by atoms with Crippen molar-refractivity contribution in [1.82, 2.24) is 0 Å². The predicted octanol–water partition coefficient (Wildman–Crippen LogP) is 1.65. The van der Waals surface area contributed by atoms with Crippen molar-refractivity contribution in [2.75, 3.05) is 0 Å². The molecule has 3 heterocycles. The first-order valence-electron chi connectivity index (χ1n) is 8.65. The SMILES string of the molecule is C=C(C)[C@H]1CC(=O)C[C@H]2O[C@@](C)(CC2=O)C[C@H]2C=C(C(=O)O2)[C@@H](O)C1. The maximum Gasteiger partial charge on any atom is 0.337 e. The summed E-state index contributed by atoms with van der Waals surface area (Å²) in [5.74, 6) is -0.998. The summed E-state index contributed by atoms with van der Waals surface area (Å²) in [4.78, 5) is 36.8. The zero-order valence-electron chi connectivity index (χ0n) is 14.6. The van der Waals surface area contributed by atoms with E-state index < -0.39 is 29.9 Å². The van der Waals surface area contributed by atoms with Gasteiger partial charge in [-0.1, -0.05) is 12.2 Å². The summed E-state index contributed by atoms with van der Waals surface area (Å²) in [6, 6.07) is 0. The Bertz CT molecular complexity index is 663. The van der Waals surface area contributed by atoms with Gasteiger partial charge in [-0.3, -0.25) is 9.59 Å². The molecular weight excluding hydrogens is 324 g/mol. The highest BCUT2D eigenvalue weighted by Crippen LogP contribution is 2.37. The van der Waals surface area contributed by atoms with Crippen molar-refractivity contribution in [3.63, 3.8) is 0 Å². The van der Waals surface area contributed by atoms with Crippen LogP contribution in [0.1, 0.15) is 46.0 Å². The van der Waals surface area contributed by atoms with Gasteiger partial charge in [0.25, 0.3) is 0 Å². The van der Waals surface area contributed by atoms with Crippen LogP contribution >= 0.6 is 0 Å². The lowest BCUT2D eigenvalue weighted by atomic mass is 9.86. The van der Waals surface area contributed by atoms with Crippen molar-refractivity contribution in [2.45, 2.75) is 69.9 Å². The summed E-state index contributed by atoms with van der Waals surface area (Å²) in [6.07, 6.45) is 0.300. The molecule has 4 bridgehead atoms. The Hall–Kier alpha value is -1.79. The molecule has 3 aliphatic rings. The maximum atomic E-state index is 12.4. The molecule has 0 aromatic carbocycles. The van der Waals surface area contributed by atoms with Crippen LogP contribution in [0, 0.1) is 5.92 Å². The summed E-state index contributed by atoms with van der Waals surface area (Å²) >= 11 is 0. The molecule has 25 heavy (non-hydrogen) atoms. The lowest BCUT2D eigenvalue weighted by molar-refractivity contribution is -0.144. The molecule has 6 heteroatoms. The zero-order valence-corrected chi connectivity index (χ0v) is 14.6. The van der Waals surface area contributed by atoms with Gasteiger partial charge >= 0.3 is 5.97 Å². The zero-order chi connectivity index (χ0) is 18.4. The first-order valence-corrected chi connectivity index (χ1v) is 8.65. The quantitative estimate of drug-likeness (QED) is 0.572. The fraction of sp³-hybridized carbons (Fsp3) is 0.632. The molecule has 1 N–H and O–H groups in total. The largest absolute Gasteiger partial charge is 0.455 e. The second-order valence-corrected chi connectivity index (χ2v) is 7.71. The minimum atomic E-state index is -1.000. The van der Waals surface area contributed by atoms with E-state index in [-0.39, 0.29) is 48.7 Å². The third-order valence-electron chi connectivity index (χ3n) is 5.28. The van der Waals surface area contributed by atoms with Crippen LogP contribution < -0.4 is 0 Å². The highest BCUT2D eigenvalue weighted by molar-refractivity contribution is 5.93. The Morgan fingerprint density at radius 3 is 2.72 bits per heavy atom. The first kappa shape index (κ1) is 18.0. The van der Waals surface area contributed by atoms with Crippen LogP contribution in [0.5, 0.6) is 0 Å². The van der Waals surface area contributed by atoms with Crippen LogP contribution in [0.25, 0.3) is 0 Å². The Balaban J connectivity index is 1.92. The van der Waals surface area contributed by atoms with E-state index in [4.69, 9.17) is 9.47 Å². The number of ether oxygens (including phenoxy) is 2. The van der Waals surface area contributed by atoms with Gasteiger partial charge in [0.2, 0.25) is 0 Å². The van der Waals surface area contributed by atoms with Gasteiger partial charge < -0.3 is 14.6 Å². The van der Waals surface area contributed by atoms with Crippen LogP contribution in [0.3, 0.4) is 0 Å². The molecule has 136 valence electrons. The molecule has 0 unspecified atom stereocenters. The fourth-order valence-corrected chi connectivity index (χ4v) is 3.91. The maximum absolute atomic E-state index is 12.4. The van der Waals surface area contributed by atoms with Crippen molar-refractivity contribution < 1.29 is 29.0 Å². The summed E-state index contributed by atoms with van der Waals surface area (Å²) < 4.78 is 11.2. The van der Waals surface area contributed by atoms with E-state index in [0.29, 0.717) is 6.42 Å². The Morgan fingerprint density at radius 1 is 1.32 bits per heavy atom. The van der Waals surface area contributed by atoms with E-state index in [1.165, 1.54) is 0 Å². The third kappa shape index (κ3) is 3.75. The van der Waals surface area contributed by atoms with Crippen molar-refractivity contribution in [1.29, 1.82) is 0 Å². The van der Waals surface area contributed by atoms with Gasteiger partial charge in [0.05, 0.1) is 17.3 Å². The Kier molecular flexibility index (Phi) is 4.68. The number of Topliss-reactive ketones (excluding diaryl/α,β-unsaturated/α-hetero) is 2. The van der Waals surface area contributed by atoms with Crippen molar-refractivity contribution in [2.24, 2.45) is 5.92 Å².